The van der Waals surface area contributed by atoms with Crippen LogP contribution in [0.1, 0.15) is 16.1 Å². The molecule has 1 aromatic carbocycles. The van der Waals surface area contributed by atoms with Crippen molar-refractivity contribution in [3.63, 3.8) is 0 Å². The zero-order chi connectivity index (χ0) is 14.5. The van der Waals surface area contributed by atoms with Gasteiger partial charge >= 0.3 is 0 Å². The fourth-order valence-electron chi connectivity index (χ4n) is 1.87. The largest absolute Gasteiger partial charge is 0.491 e. The molecule has 108 valence electrons. The number of nitrogens with zero attached hydrogens (tertiary/aromatic N) is 1. The molecule has 0 fully saturated rings. The summed E-state index contributed by atoms with van der Waals surface area (Å²) >= 11 is 8.82. The molecule has 3 nitrogen and oxygen atoms in total. The summed E-state index contributed by atoms with van der Waals surface area (Å²) < 4.78 is 7.83. The summed E-state index contributed by atoms with van der Waals surface area (Å²) in [4.78, 5) is 5.53. The second-order valence-corrected chi connectivity index (χ2v) is 7.03. The van der Waals surface area contributed by atoms with Crippen LogP contribution in [0, 0.1) is 6.92 Å². The van der Waals surface area contributed by atoms with E-state index in [-0.39, 0.29) is 0 Å². The van der Waals surface area contributed by atoms with Gasteiger partial charge in [0.1, 0.15) is 5.75 Å². The van der Waals surface area contributed by atoms with E-state index in [1.54, 1.807) is 11.3 Å². The fraction of sp³-hybridized carbons (Fsp3) is 0.357. The van der Waals surface area contributed by atoms with Gasteiger partial charge in [0, 0.05) is 17.8 Å². The Hall–Kier alpha value is -0.430. The van der Waals surface area contributed by atoms with Crippen molar-refractivity contribution in [1.29, 1.82) is 0 Å². The van der Waals surface area contributed by atoms with Gasteiger partial charge in [0.05, 0.1) is 26.8 Å². The summed E-state index contributed by atoms with van der Waals surface area (Å²) in [5, 5.41) is 3.14. The highest BCUT2D eigenvalue weighted by Gasteiger charge is 2.09. The summed E-state index contributed by atoms with van der Waals surface area (Å²) in [5.41, 5.74) is 4.18. The molecule has 20 heavy (non-hydrogen) atoms. The van der Waals surface area contributed by atoms with Gasteiger partial charge in [-0.1, -0.05) is 0 Å². The van der Waals surface area contributed by atoms with Crippen molar-refractivity contribution in [3.05, 3.63) is 42.7 Å². The topological polar surface area (TPSA) is 34.1 Å². The summed E-state index contributed by atoms with van der Waals surface area (Å²) in [6.07, 6.45) is 0.883. The van der Waals surface area contributed by atoms with Crippen LogP contribution in [-0.4, -0.2) is 18.6 Å². The van der Waals surface area contributed by atoms with E-state index in [1.807, 2.05) is 19.5 Å². The maximum absolute atomic E-state index is 5.89. The minimum Gasteiger partial charge on any atom is -0.491 e. The number of hydrogen-bond acceptors (Lipinski definition) is 4. The van der Waals surface area contributed by atoms with Crippen LogP contribution >= 0.6 is 43.2 Å². The number of ether oxygens (including phenoxy) is 1. The van der Waals surface area contributed by atoms with Crippen molar-refractivity contribution in [3.8, 4) is 5.75 Å². The minimum absolute atomic E-state index is 0.644. The first-order valence-corrected chi connectivity index (χ1v) is 8.72. The summed E-state index contributed by atoms with van der Waals surface area (Å²) in [6.45, 7) is 3.51. The van der Waals surface area contributed by atoms with Gasteiger partial charge in [-0.3, -0.25) is 0 Å². The molecule has 0 saturated heterocycles. The van der Waals surface area contributed by atoms with Crippen LogP contribution in [0.3, 0.4) is 0 Å². The number of thiazole rings is 1. The SMILES string of the molecule is CNCc1cc(Br)c(OCCc2scnc2C)c(Br)c1. The molecule has 0 aliphatic rings. The normalized spacial score (nSPS) is 10.8. The second-order valence-electron chi connectivity index (χ2n) is 4.38. The van der Waals surface area contributed by atoms with Crippen LogP contribution in [0.15, 0.2) is 26.6 Å². The quantitative estimate of drug-likeness (QED) is 0.756. The first-order valence-electron chi connectivity index (χ1n) is 6.26. The number of halogens is 2. The van der Waals surface area contributed by atoms with Gasteiger partial charge in [0.15, 0.2) is 0 Å². The van der Waals surface area contributed by atoms with E-state index < -0.39 is 0 Å². The Kier molecular flexibility index (Phi) is 6.01. The maximum atomic E-state index is 5.89. The fourth-order valence-corrected chi connectivity index (χ4v) is 4.14. The molecule has 0 aliphatic carbocycles. The van der Waals surface area contributed by atoms with E-state index in [4.69, 9.17) is 4.74 Å². The Morgan fingerprint density at radius 2 is 2.00 bits per heavy atom. The van der Waals surface area contributed by atoms with Gasteiger partial charge in [0.25, 0.3) is 0 Å². The van der Waals surface area contributed by atoms with Crippen molar-refractivity contribution in [2.75, 3.05) is 13.7 Å². The van der Waals surface area contributed by atoms with Crippen molar-refractivity contribution < 1.29 is 4.74 Å². The first-order chi connectivity index (χ1) is 9.61. The van der Waals surface area contributed by atoms with Gasteiger partial charge in [0.2, 0.25) is 0 Å². The van der Waals surface area contributed by atoms with E-state index in [9.17, 15) is 0 Å². The van der Waals surface area contributed by atoms with Gasteiger partial charge in [-0.25, -0.2) is 4.98 Å². The van der Waals surface area contributed by atoms with E-state index in [1.165, 1.54) is 10.4 Å². The molecule has 0 amide bonds. The van der Waals surface area contributed by atoms with Gasteiger partial charge < -0.3 is 10.1 Å². The Bertz CT molecular complexity index is 563. The monoisotopic (exact) mass is 418 g/mol. The molecule has 0 saturated carbocycles. The Balaban J connectivity index is 2.01. The van der Waals surface area contributed by atoms with Gasteiger partial charge in [-0.05, 0) is 63.5 Å². The van der Waals surface area contributed by atoms with Gasteiger partial charge in [-0.15, -0.1) is 11.3 Å². The van der Waals surface area contributed by atoms with Crippen LogP contribution in [-0.2, 0) is 13.0 Å². The average molecular weight is 420 g/mol. The van der Waals surface area contributed by atoms with Crippen LogP contribution in [0.25, 0.3) is 0 Å². The molecular weight excluding hydrogens is 404 g/mol. The van der Waals surface area contributed by atoms with Gasteiger partial charge in [-0.2, -0.15) is 0 Å². The smallest absolute Gasteiger partial charge is 0.147 e. The highest BCUT2D eigenvalue weighted by Crippen LogP contribution is 2.35. The predicted octanol–water partition coefficient (Wildman–Crippen LogP) is 4.32. The predicted molar refractivity (Wildman–Crippen MR) is 90.7 cm³/mol. The molecule has 0 unspecified atom stereocenters. The van der Waals surface area contributed by atoms with E-state index in [0.717, 1.165) is 33.4 Å². The third-order valence-electron chi connectivity index (χ3n) is 2.86. The Morgan fingerprint density at radius 1 is 1.30 bits per heavy atom. The second kappa shape index (κ2) is 7.54. The standard InChI is InChI=1S/C14H16Br2N2OS/c1-9-13(20-8-18-9)3-4-19-14-11(15)5-10(7-17-2)6-12(14)16/h5-6,8,17H,3-4,7H2,1-2H3. The lowest BCUT2D eigenvalue weighted by Gasteiger charge is -2.12. The van der Waals surface area contributed by atoms with E-state index in [2.05, 4.69) is 54.3 Å². The number of aromatic nitrogens is 1. The molecule has 0 atom stereocenters. The Labute approximate surface area is 140 Å². The number of benzene rings is 1. The van der Waals surface area contributed by atoms with E-state index in [0.29, 0.717) is 6.61 Å². The first kappa shape index (κ1) is 15.9. The molecule has 6 heteroatoms. The molecule has 1 aromatic heterocycles. The molecule has 0 spiro atoms. The molecule has 2 aromatic rings. The van der Waals surface area contributed by atoms with Crippen molar-refractivity contribution in [1.82, 2.24) is 10.3 Å². The molecule has 0 bridgehead atoms. The average Bonchev–Trinajstić information content (AvgIpc) is 2.79. The zero-order valence-electron chi connectivity index (χ0n) is 11.4. The summed E-state index contributed by atoms with van der Waals surface area (Å²) in [6, 6.07) is 4.16. The minimum atomic E-state index is 0.644. The third-order valence-corrected chi connectivity index (χ3v) is 5.03. The number of hydrogen-bond donors (Lipinski definition) is 1. The Morgan fingerprint density at radius 3 is 2.55 bits per heavy atom. The molecule has 1 N–H and O–H groups in total. The summed E-state index contributed by atoms with van der Waals surface area (Å²) in [7, 11) is 1.93. The lowest BCUT2D eigenvalue weighted by Crippen LogP contribution is -2.06. The van der Waals surface area contributed by atoms with Crippen molar-refractivity contribution in [2.45, 2.75) is 19.9 Å². The van der Waals surface area contributed by atoms with Crippen LogP contribution in [0.2, 0.25) is 0 Å². The van der Waals surface area contributed by atoms with Crippen LogP contribution in [0.5, 0.6) is 5.75 Å². The molecule has 0 aliphatic heterocycles. The van der Waals surface area contributed by atoms with Crippen molar-refractivity contribution in [2.24, 2.45) is 0 Å². The van der Waals surface area contributed by atoms with Crippen LogP contribution < -0.4 is 10.1 Å². The zero-order valence-corrected chi connectivity index (χ0v) is 15.4. The highest BCUT2D eigenvalue weighted by atomic mass is 79.9. The number of rotatable bonds is 6. The molecule has 0 radical (unpaired) electrons. The maximum Gasteiger partial charge on any atom is 0.147 e. The lowest BCUT2D eigenvalue weighted by molar-refractivity contribution is 0.318. The highest BCUT2D eigenvalue weighted by molar-refractivity contribution is 9.11. The molecule has 1 heterocycles. The number of aryl methyl sites for hydroxylation is 1. The third kappa shape index (κ3) is 4.04. The molecule has 2 rings (SSSR count). The summed E-state index contributed by atoms with van der Waals surface area (Å²) in [5.74, 6) is 0.854. The lowest BCUT2D eigenvalue weighted by atomic mass is 10.2. The van der Waals surface area contributed by atoms with E-state index >= 15 is 0 Å². The number of nitrogens with one attached hydrogen (secondary N) is 1. The van der Waals surface area contributed by atoms with Crippen molar-refractivity contribution >= 4 is 43.2 Å². The van der Waals surface area contributed by atoms with Crippen LogP contribution in [0.4, 0.5) is 0 Å². The molecular formula is C14H16Br2N2OS.